The lowest BCUT2D eigenvalue weighted by molar-refractivity contribution is 0.0959. The Hall–Kier alpha value is -2.15. The van der Waals surface area contributed by atoms with Gasteiger partial charge in [0.2, 0.25) is 0 Å². The Morgan fingerprint density at radius 2 is 2.00 bits per heavy atom. The predicted octanol–water partition coefficient (Wildman–Crippen LogP) is 3.18. The summed E-state index contributed by atoms with van der Waals surface area (Å²) in [6, 6.07) is 14.8. The van der Waals surface area contributed by atoms with Crippen molar-refractivity contribution >= 4 is 17.6 Å². The van der Waals surface area contributed by atoms with Gasteiger partial charge < -0.3 is 10.2 Å². The number of hydrogen-bond acceptors (Lipinski definition) is 4. The van der Waals surface area contributed by atoms with Gasteiger partial charge in [-0.3, -0.25) is 10.4 Å². The largest absolute Gasteiger partial charge is 0.335 e. The van der Waals surface area contributed by atoms with Crippen molar-refractivity contribution in [3.8, 4) is 0 Å². The second-order valence-electron chi connectivity index (χ2n) is 8.54. The third kappa shape index (κ3) is 3.72. The molecule has 1 aromatic heterocycles. The van der Waals surface area contributed by atoms with E-state index in [9.17, 15) is 4.79 Å². The molecule has 1 aliphatic carbocycles. The number of aromatic nitrogens is 1. The van der Waals surface area contributed by atoms with Gasteiger partial charge in [0.1, 0.15) is 0 Å². The number of carbonyl (C=O) groups excluding carboxylic acids is 1. The Morgan fingerprint density at radius 3 is 2.83 bits per heavy atom. The number of amides is 2. The van der Waals surface area contributed by atoms with E-state index in [1.165, 1.54) is 0 Å². The van der Waals surface area contributed by atoms with Crippen molar-refractivity contribution in [2.75, 3.05) is 6.54 Å². The van der Waals surface area contributed by atoms with Crippen molar-refractivity contribution in [3.63, 3.8) is 0 Å². The Morgan fingerprint density at radius 1 is 1.14 bits per heavy atom. The van der Waals surface area contributed by atoms with Crippen LogP contribution in [0.3, 0.4) is 0 Å². The first-order chi connectivity index (χ1) is 14.1. The molecule has 2 amide bonds. The van der Waals surface area contributed by atoms with Gasteiger partial charge in [-0.2, -0.15) is 0 Å². The van der Waals surface area contributed by atoms with E-state index in [0.29, 0.717) is 29.4 Å². The van der Waals surface area contributed by atoms with Crippen LogP contribution in [0.1, 0.15) is 35.8 Å². The summed E-state index contributed by atoms with van der Waals surface area (Å²) in [7, 11) is 0. The van der Waals surface area contributed by atoms with Gasteiger partial charge in [0, 0.05) is 35.9 Å². The van der Waals surface area contributed by atoms with Gasteiger partial charge in [0.25, 0.3) is 0 Å². The molecule has 0 spiro atoms. The minimum atomic E-state index is 0.0209. The molecule has 3 N–H and O–H groups in total. The number of halogens is 1. The molecule has 2 aromatic rings. The molecule has 152 valence electrons. The van der Waals surface area contributed by atoms with E-state index in [2.05, 4.69) is 28.3 Å². The van der Waals surface area contributed by atoms with E-state index in [1.807, 2.05) is 42.2 Å². The molecule has 0 radical (unpaired) electrons. The minimum Gasteiger partial charge on any atom is -0.335 e. The number of nitrogens with one attached hydrogen (secondary N) is 3. The number of urea groups is 1. The molecule has 5 unspecified atom stereocenters. The first-order valence-corrected chi connectivity index (χ1v) is 10.7. The number of pyridine rings is 1. The van der Waals surface area contributed by atoms with Crippen molar-refractivity contribution < 1.29 is 4.79 Å². The van der Waals surface area contributed by atoms with Crippen LogP contribution in [0.2, 0.25) is 5.02 Å². The quantitative estimate of drug-likeness (QED) is 0.725. The maximum atomic E-state index is 12.7. The lowest BCUT2D eigenvalue weighted by Crippen LogP contribution is -2.60. The highest BCUT2D eigenvalue weighted by Crippen LogP contribution is 2.41. The molecular weight excluding hydrogens is 386 g/mol. The number of carbonyl (C=O) groups is 1. The smallest absolute Gasteiger partial charge is 0.317 e. The molecule has 5 atom stereocenters. The summed E-state index contributed by atoms with van der Waals surface area (Å²) in [5.74, 6) is 0.899. The summed E-state index contributed by atoms with van der Waals surface area (Å²) in [6.07, 6.45) is 2.00. The molecule has 3 aliphatic rings. The number of benzene rings is 1. The number of hydrazine groups is 1. The predicted molar refractivity (Wildman–Crippen MR) is 112 cm³/mol. The summed E-state index contributed by atoms with van der Waals surface area (Å²) in [5, 5.41) is 3.95. The van der Waals surface area contributed by atoms with Crippen LogP contribution in [0.25, 0.3) is 0 Å². The number of fused-ring (bicyclic) bond motifs is 2. The molecule has 3 fully saturated rings. The summed E-state index contributed by atoms with van der Waals surface area (Å²) >= 11 is 6.12. The third-order valence-corrected chi connectivity index (χ3v) is 6.80. The van der Waals surface area contributed by atoms with E-state index in [1.54, 1.807) is 0 Å². The summed E-state index contributed by atoms with van der Waals surface area (Å²) < 4.78 is 0. The average molecular weight is 412 g/mol. The van der Waals surface area contributed by atoms with Gasteiger partial charge in [-0.05, 0) is 61.4 Å². The molecule has 7 heteroatoms. The first-order valence-electron chi connectivity index (χ1n) is 10.3. The highest BCUT2D eigenvalue weighted by atomic mass is 35.5. The highest BCUT2D eigenvalue weighted by Gasteiger charge is 2.48. The first kappa shape index (κ1) is 18.9. The van der Waals surface area contributed by atoms with Crippen LogP contribution in [-0.2, 0) is 6.54 Å². The standard InChI is InChI=1S/C22H26ClN5O/c1-13-4-2-7-18(24-13)21-17-9-15-12-28(11-14-5-3-6-16(23)8-14)22(29)25-19(15)10-20(17)26-27-21/h2-8,15,17,19-21,26-27H,9-12H2,1H3,(H,25,29). The zero-order chi connectivity index (χ0) is 20.0. The molecule has 1 saturated carbocycles. The fourth-order valence-electron chi connectivity index (χ4n) is 5.17. The molecule has 2 aliphatic heterocycles. The Labute approximate surface area is 176 Å². The molecule has 6 nitrogen and oxygen atoms in total. The SMILES string of the molecule is Cc1cccc(C2NNC3CC4NC(=O)N(Cc5cccc(Cl)c5)CC4CC32)n1. The third-order valence-electron chi connectivity index (χ3n) is 6.56. The second kappa shape index (κ2) is 7.59. The second-order valence-corrected chi connectivity index (χ2v) is 8.97. The Balaban J connectivity index is 1.31. The van der Waals surface area contributed by atoms with Gasteiger partial charge >= 0.3 is 6.03 Å². The monoisotopic (exact) mass is 411 g/mol. The molecule has 3 heterocycles. The van der Waals surface area contributed by atoms with Crippen LogP contribution in [-0.4, -0.2) is 34.5 Å². The number of nitrogens with zero attached hydrogens (tertiary/aromatic N) is 2. The number of hydrogen-bond donors (Lipinski definition) is 3. The van der Waals surface area contributed by atoms with Gasteiger partial charge in [-0.1, -0.05) is 29.8 Å². The van der Waals surface area contributed by atoms with Crippen LogP contribution >= 0.6 is 11.6 Å². The van der Waals surface area contributed by atoms with Gasteiger partial charge in [0.15, 0.2) is 0 Å². The zero-order valence-electron chi connectivity index (χ0n) is 16.4. The van der Waals surface area contributed by atoms with E-state index in [0.717, 1.165) is 36.3 Å². The zero-order valence-corrected chi connectivity index (χ0v) is 17.2. The molecule has 29 heavy (non-hydrogen) atoms. The maximum Gasteiger partial charge on any atom is 0.317 e. The normalized spacial score (nSPS) is 31.2. The highest BCUT2D eigenvalue weighted by molar-refractivity contribution is 6.30. The number of aryl methyl sites for hydroxylation is 1. The Kier molecular flexibility index (Phi) is 4.94. The van der Waals surface area contributed by atoms with E-state index < -0.39 is 0 Å². The van der Waals surface area contributed by atoms with Crippen molar-refractivity contribution in [2.24, 2.45) is 11.8 Å². The van der Waals surface area contributed by atoms with E-state index in [4.69, 9.17) is 16.6 Å². The van der Waals surface area contributed by atoms with Crippen LogP contribution in [0, 0.1) is 18.8 Å². The molecular formula is C22H26ClN5O. The van der Waals surface area contributed by atoms with Crippen LogP contribution < -0.4 is 16.2 Å². The number of rotatable bonds is 3. The minimum absolute atomic E-state index is 0.0209. The van der Waals surface area contributed by atoms with Crippen molar-refractivity contribution in [1.82, 2.24) is 26.1 Å². The van der Waals surface area contributed by atoms with Gasteiger partial charge in [-0.15, -0.1) is 0 Å². The van der Waals surface area contributed by atoms with Crippen LogP contribution in [0.15, 0.2) is 42.5 Å². The van der Waals surface area contributed by atoms with Crippen LogP contribution in [0.5, 0.6) is 0 Å². The molecule has 5 rings (SSSR count). The maximum absolute atomic E-state index is 12.7. The summed E-state index contributed by atoms with van der Waals surface area (Å²) in [6.45, 7) is 3.40. The topological polar surface area (TPSA) is 69.3 Å². The molecule has 1 aromatic carbocycles. The lowest BCUT2D eigenvalue weighted by atomic mass is 9.71. The van der Waals surface area contributed by atoms with E-state index >= 15 is 0 Å². The summed E-state index contributed by atoms with van der Waals surface area (Å²) in [5.41, 5.74) is 10.1. The fourth-order valence-corrected chi connectivity index (χ4v) is 5.39. The van der Waals surface area contributed by atoms with Gasteiger partial charge in [-0.25, -0.2) is 10.2 Å². The van der Waals surface area contributed by atoms with E-state index in [-0.39, 0.29) is 18.1 Å². The van der Waals surface area contributed by atoms with Crippen LogP contribution in [0.4, 0.5) is 4.79 Å². The fraction of sp³-hybridized carbons (Fsp3) is 0.455. The van der Waals surface area contributed by atoms with Crippen molar-refractivity contribution in [1.29, 1.82) is 0 Å². The molecule has 2 saturated heterocycles. The molecule has 0 bridgehead atoms. The van der Waals surface area contributed by atoms with Crippen molar-refractivity contribution in [3.05, 3.63) is 64.4 Å². The summed E-state index contributed by atoms with van der Waals surface area (Å²) in [4.78, 5) is 19.4. The lowest BCUT2D eigenvalue weighted by Gasteiger charge is -2.45. The average Bonchev–Trinajstić information content (AvgIpc) is 3.10. The Bertz CT molecular complexity index is 922. The van der Waals surface area contributed by atoms with Gasteiger partial charge in [0.05, 0.1) is 11.7 Å². The van der Waals surface area contributed by atoms with Crippen molar-refractivity contribution in [2.45, 2.75) is 44.4 Å².